The summed E-state index contributed by atoms with van der Waals surface area (Å²) in [4.78, 5) is 0. The average molecular weight is 181 g/mol. The topological polar surface area (TPSA) is 30.7 Å². The van der Waals surface area contributed by atoms with Crippen molar-refractivity contribution >= 4 is 11.8 Å². The SMILES string of the molecule is Cc1nnc([C@@H]2CC=CS2)n1C. The fraction of sp³-hybridized carbons (Fsp3) is 0.500. The Hall–Kier alpha value is -0.770. The summed E-state index contributed by atoms with van der Waals surface area (Å²) in [6, 6.07) is 0. The van der Waals surface area contributed by atoms with Gasteiger partial charge in [0.1, 0.15) is 11.6 Å². The summed E-state index contributed by atoms with van der Waals surface area (Å²) in [6.45, 7) is 1.98. The van der Waals surface area contributed by atoms with Crippen molar-refractivity contribution in [1.29, 1.82) is 0 Å². The van der Waals surface area contributed by atoms with Gasteiger partial charge in [0, 0.05) is 7.05 Å². The van der Waals surface area contributed by atoms with E-state index in [1.165, 1.54) is 0 Å². The Morgan fingerprint density at radius 3 is 2.92 bits per heavy atom. The molecule has 0 fully saturated rings. The molecular weight excluding hydrogens is 170 g/mol. The third-order valence-electron chi connectivity index (χ3n) is 2.10. The predicted molar refractivity (Wildman–Crippen MR) is 49.8 cm³/mol. The molecule has 0 aliphatic carbocycles. The molecule has 0 saturated carbocycles. The Morgan fingerprint density at radius 2 is 2.42 bits per heavy atom. The number of hydrogen-bond donors (Lipinski definition) is 0. The number of nitrogens with zero attached hydrogens (tertiary/aromatic N) is 3. The molecule has 1 aromatic heterocycles. The molecule has 0 amide bonds. The predicted octanol–water partition coefficient (Wildman–Crippen LogP) is 1.82. The van der Waals surface area contributed by atoms with Gasteiger partial charge >= 0.3 is 0 Å². The van der Waals surface area contributed by atoms with Crippen molar-refractivity contribution in [1.82, 2.24) is 14.8 Å². The van der Waals surface area contributed by atoms with E-state index >= 15 is 0 Å². The van der Waals surface area contributed by atoms with Crippen molar-refractivity contribution in [3.63, 3.8) is 0 Å². The van der Waals surface area contributed by atoms with E-state index in [1.807, 2.05) is 25.7 Å². The molecule has 1 aliphatic heterocycles. The fourth-order valence-corrected chi connectivity index (χ4v) is 2.22. The highest BCUT2D eigenvalue weighted by Gasteiger charge is 2.19. The van der Waals surface area contributed by atoms with E-state index in [0.717, 1.165) is 18.1 Å². The Bertz CT molecular complexity index is 308. The molecule has 64 valence electrons. The summed E-state index contributed by atoms with van der Waals surface area (Å²) < 4.78 is 2.06. The maximum absolute atomic E-state index is 4.15. The van der Waals surface area contributed by atoms with Crippen molar-refractivity contribution < 1.29 is 0 Å². The second-order valence-electron chi connectivity index (χ2n) is 2.90. The van der Waals surface area contributed by atoms with Gasteiger partial charge in [0.15, 0.2) is 0 Å². The Morgan fingerprint density at radius 1 is 1.58 bits per heavy atom. The summed E-state index contributed by atoms with van der Waals surface area (Å²) in [7, 11) is 2.02. The maximum Gasteiger partial charge on any atom is 0.146 e. The quantitative estimate of drug-likeness (QED) is 0.662. The lowest BCUT2D eigenvalue weighted by Crippen LogP contribution is -2.01. The lowest BCUT2D eigenvalue weighted by atomic mass is 10.3. The first-order chi connectivity index (χ1) is 5.79. The van der Waals surface area contributed by atoms with Gasteiger partial charge in [-0.15, -0.1) is 22.0 Å². The van der Waals surface area contributed by atoms with E-state index in [9.17, 15) is 0 Å². The molecule has 0 aromatic carbocycles. The lowest BCUT2D eigenvalue weighted by molar-refractivity contribution is 0.757. The van der Waals surface area contributed by atoms with E-state index in [1.54, 1.807) is 0 Å². The first kappa shape index (κ1) is 7.86. The van der Waals surface area contributed by atoms with E-state index in [2.05, 4.69) is 26.2 Å². The van der Waals surface area contributed by atoms with Gasteiger partial charge in [-0.2, -0.15) is 0 Å². The van der Waals surface area contributed by atoms with Crippen LogP contribution in [0.3, 0.4) is 0 Å². The summed E-state index contributed by atoms with van der Waals surface area (Å²) in [5.41, 5.74) is 0. The minimum absolute atomic E-state index is 0.483. The van der Waals surface area contributed by atoms with Gasteiger partial charge in [-0.1, -0.05) is 6.08 Å². The average Bonchev–Trinajstić information content (AvgIpc) is 2.64. The van der Waals surface area contributed by atoms with Gasteiger partial charge in [-0.05, 0) is 18.8 Å². The lowest BCUT2D eigenvalue weighted by Gasteiger charge is -2.06. The first-order valence-corrected chi connectivity index (χ1v) is 4.89. The van der Waals surface area contributed by atoms with Crippen LogP contribution in [-0.2, 0) is 7.05 Å². The van der Waals surface area contributed by atoms with Crippen LogP contribution in [0.2, 0.25) is 0 Å². The van der Waals surface area contributed by atoms with Crippen molar-refractivity contribution in [2.45, 2.75) is 18.6 Å². The van der Waals surface area contributed by atoms with Crippen molar-refractivity contribution in [3.8, 4) is 0 Å². The van der Waals surface area contributed by atoms with Crippen LogP contribution in [0, 0.1) is 6.92 Å². The van der Waals surface area contributed by atoms with E-state index in [4.69, 9.17) is 0 Å². The highest BCUT2D eigenvalue weighted by molar-refractivity contribution is 8.02. The molecule has 2 rings (SSSR count). The molecule has 0 spiro atoms. The number of thioether (sulfide) groups is 1. The Labute approximate surface area is 75.9 Å². The second-order valence-corrected chi connectivity index (χ2v) is 4.01. The van der Waals surface area contributed by atoms with E-state index in [-0.39, 0.29) is 0 Å². The zero-order chi connectivity index (χ0) is 8.55. The summed E-state index contributed by atoms with van der Waals surface area (Å²) in [6.07, 6.45) is 3.26. The number of aromatic nitrogens is 3. The summed E-state index contributed by atoms with van der Waals surface area (Å²) in [5, 5.41) is 10.8. The van der Waals surface area contributed by atoms with Gasteiger partial charge in [0.25, 0.3) is 0 Å². The van der Waals surface area contributed by atoms with Crippen LogP contribution < -0.4 is 0 Å². The number of rotatable bonds is 1. The first-order valence-electron chi connectivity index (χ1n) is 3.95. The smallest absolute Gasteiger partial charge is 0.146 e. The van der Waals surface area contributed by atoms with Gasteiger partial charge in [-0.25, -0.2) is 0 Å². The van der Waals surface area contributed by atoms with Crippen LogP contribution in [-0.4, -0.2) is 14.8 Å². The van der Waals surface area contributed by atoms with E-state index in [0.29, 0.717) is 5.25 Å². The molecule has 12 heavy (non-hydrogen) atoms. The fourth-order valence-electron chi connectivity index (χ4n) is 1.26. The highest BCUT2D eigenvalue weighted by Crippen LogP contribution is 2.36. The van der Waals surface area contributed by atoms with Crippen LogP contribution >= 0.6 is 11.8 Å². The monoisotopic (exact) mass is 181 g/mol. The van der Waals surface area contributed by atoms with E-state index < -0.39 is 0 Å². The van der Waals surface area contributed by atoms with Gasteiger partial charge < -0.3 is 4.57 Å². The molecule has 3 nitrogen and oxygen atoms in total. The standard InChI is InChI=1S/C8H11N3S/c1-6-9-10-8(11(6)2)7-4-3-5-12-7/h3,5,7H,4H2,1-2H3/t7-/m0/s1. The molecule has 0 N–H and O–H groups in total. The van der Waals surface area contributed by atoms with Crippen LogP contribution in [0.15, 0.2) is 11.5 Å². The van der Waals surface area contributed by atoms with Crippen molar-refractivity contribution in [2.75, 3.05) is 0 Å². The van der Waals surface area contributed by atoms with Crippen LogP contribution in [0.5, 0.6) is 0 Å². The molecule has 0 saturated heterocycles. The zero-order valence-electron chi connectivity index (χ0n) is 7.19. The normalized spacial score (nSPS) is 22.0. The molecule has 2 heterocycles. The van der Waals surface area contributed by atoms with Gasteiger partial charge in [-0.3, -0.25) is 0 Å². The molecule has 0 bridgehead atoms. The molecule has 1 aromatic rings. The van der Waals surface area contributed by atoms with Crippen LogP contribution in [0.25, 0.3) is 0 Å². The minimum atomic E-state index is 0.483. The van der Waals surface area contributed by atoms with Crippen molar-refractivity contribution in [3.05, 3.63) is 23.1 Å². The maximum atomic E-state index is 4.15. The summed E-state index contributed by atoms with van der Waals surface area (Å²) >= 11 is 1.82. The van der Waals surface area contributed by atoms with Crippen molar-refractivity contribution in [2.24, 2.45) is 7.05 Å². The number of hydrogen-bond acceptors (Lipinski definition) is 3. The highest BCUT2D eigenvalue weighted by atomic mass is 32.2. The minimum Gasteiger partial charge on any atom is -0.317 e. The summed E-state index contributed by atoms with van der Waals surface area (Å²) in [5.74, 6) is 2.07. The molecule has 0 radical (unpaired) electrons. The Balaban J connectivity index is 2.28. The molecule has 4 heteroatoms. The van der Waals surface area contributed by atoms with Gasteiger partial charge in [0.05, 0.1) is 5.25 Å². The Kier molecular flexibility index (Phi) is 1.92. The molecule has 1 aliphatic rings. The third-order valence-corrected chi connectivity index (χ3v) is 3.18. The van der Waals surface area contributed by atoms with Crippen LogP contribution in [0.4, 0.5) is 0 Å². The van der Waals surface area contributed by atoms with Gasteiger partial charge in [0.2, 0.25) is 0 Å². The number of aryl methyl sites for hydroxylation is 1. The molecule has 0 unspecified atom stereocenters. The second kappa shape index (κ2) is 2.94. The molecule has 1 atom stereocenters. The third kappa shape index (κ3) is 1.16. The largest absolute Gasteiger partial charge is 0.317 e. The number of allylic oxidation sites excluding steroid dienone is 1. The molecular formula is C8H11N3S. The van der Waals surface area contributed by atoms with Crippen LogP contribution in [0.1, 0.15) is 23.3 Å². The zero-order valence-corrected chi connectivity index (χ0v) is 8.01.